The highest BCUT2D eigenvalue weighted by molar-refractivity contribution is 8.00. The number of carbonyl (C=O) groups is 10. The standard InChI is InChI=1S/C35H58N10O13S/c1-18(2)11-19(12-26(48)45-58)32(54)42-22(16-46)34(56)41-21(13-29(51)52)33(55)39-14-27(49)38-15-28(50)40-20(31(36)53)7-5-6-10-37-25(47)9-4-3-8-24-30-23(17-59-24)43-35(57)44-30/h18-24,30,46,58H,3-17H2,1-2H3,(H2,36,53)(H,37,47)(H,38,49)(H,39,55)(H,40,50)(H,41,56)(H,42,54)(H,45,48)(H,51,52)(H2,43,44,57)/t19?,20-,21-,22-,23-,24-,30-/m0/s1. The van der Waals surface area contributed by atoms with Gasteiger partial charge in [-0.05, 0) is 44.4 Å². The van der Waals surface area contributed by atoms with E-state index in [9.17, 15) is 58.2 Å². The molecule has 0 saturated carbocycles. The zero-order valence-corrected chi connectivity index (χ0v) is 34.0. The van der Waals surface area contributed by atoms with Crippen LogP contribution in [0.25, 0.3) is 0 Å². The first-order chi connectivity index (χ1) is 27.9. The molecular weight excluding hydrogens is 801 g/mol. The molecular formula is C35H58N10O13S. The summed E-state index contributed by atoms with van der Waals surface area (Å²) in [5.41, 5.74) is 6.83. The molecule has 14 N–H and O–H groups in total. The first kappa shape index (κ1) is 49.9. The van der Waals surface area contributed by atoms with Gasteiger partial charge in [0.15, 0.2) is 0 Å². The molecule has 0 aliphatic carbocycles. The number of rotatable bonds is 28. The molecule has 0 spiro atoms. The average molecular weight is 859 g/mol. The second-order valence-electron chi connectivity index (χ2n) is 14.7. The van der Waals surface area contributed by atoms with Crippen LogP contribution < -0.4 is 53.7 Å². The Balaban J connectivity index is 1.71. The molecule has 7 atom stereocenters. The van der Waals surface area contributed by atoms with E-state index in [2.05, 4.69) is 42.5 Å². The quantitative estimate of drug-likeness (QED) is 0.0155. The van der Waals surface area contributed by atoms with E-state index in [0.29, 0.717) is 37.5 Å². The van der Waals surface area contributed by atoms with Crippen molar-refractivity contribution < 1.29 is 63.4 Å². The summed E-state index contributed by atoms with van der Waals surface area (Å²) in [5, 5.41) is 47.9. The van der Waals surface area contributed by atoms with Crippen molar-refractivity contribution in [1.29, 1.82) is 0 Å². The second-order valence-corrected chi connectivity index (χ2v) is 16.0. The van der Waals surface area contributed by atoms with Crippen LogP contribution >= 0.6 is 11.8 Å². The summed E-state index contributed by atoms with van der Waals surface area (Å²) in [7, 11) is 0. The van der Waals surface area contributed by atoms with Gasteiger partial charge in [-0.2, -0.15) is 11.8 Å². The van der Waals surface area contributed by atoms with E-state index >= 15 is 0 Å². The van der Waals surface area contributed by atoms with Crippen molar-refractivity contribution >= 4 is 71.0 Å². The van der Waals surface area contributed by atoms with Gasteiger partial charge in [0.2, 0.25) is 47.3 Å². The SMILES string of the molecule is CC(C)CC(CC(=O)NO)C(=O)N[C@@H](CO)C(=O)N[C@@H](CC(=O)O)C(=O)NCC(=O)NCC(=O)N[C@@H](CCCCNC(=O)CCCC[C@@H]1SC[C@@H]2NC(=O)N[C@@H]21)C(N)=O. The summed E-state index contributed by atoms with van der Waals surface area (Å²) in [6, 6.07) is -4.36. The van der Waals surface area contributed by atoms with Gasteiger partial charge >= 0.3 is 12.0 Å². The van der Waals surface area contributed by atoms with Crippen molar-refractivity contribution in [3.63, 3.8) is 0 Å². The Morgan fingerprint density at radius 3 is 2.12 bits per heavy atom. The monoisotopic (exact) mass is 858 g/mol. The smallest absolute Gasteiger partial charge is 0.315 e. The summed E-state index contributed by atoms with van der Waals surface area (Å²) < 4.78 is 0. The molecule has 59 heavy (non-hydrogen) atoms. The van der Waals surface area contributed by atoms with Crippen molar-refractivity contribution in [1.82, 2.24) is 48.0 Å². The number of hydroxylamine groups is 1. The molecule has 0 aromatic heterocycles. The molecule has 2 rings (SSSR count). The summed E-state index contributed by atoms with van der Waals surface area (Å²) in [6.07, 6.45) is 2.67. The molecule has 2 heterocycles. The number of nitrogens with one attached hydrogen (secondary N) is 9. The molecule has 2 aliphatic heterocycles. The zero-order valence-electron chi connectivity index (χ0n) is 33.1. The van der Waals surface area contributed by atoms with Gasteiger partial charge in [-0.15, -0.1) is 0 Å². The van der Waals surface area contributed by atoms with Crippen LogP contribution in [0.1, 0.15) is 78.1 Å². The lowest BCUT2D eigenvalue weighted by atomic mass is 9.92. The van der Waals surface area contributed by atoms with Crippen molar-refractivity contribution in [3.8, 4) is 0 Å². The lowest BCUT2D eigenvalue weighted by Crippen LogP contribution is -2.56. The first-order valence-electron chi connectivity index (χ1n) is 19.4. The van der Waals surface area contributed by atoms with Crippen LogP contribution in [0.4, 0.5) is 4.79 Å². The highest BCUT2D eigenvalue weighted by atomic mass is 32.2. The topological polar surface area (TPSA) is 366 Å². The number of urea groups is 1. The normalized spacial score (nSPS) is 18.7. The van der Waals surface area contributed by atoms with Gasteiger partial charge in [-0.1, -0.05) is 20.3 Å². The van der Waals surface area contributed by atoms with E-state index in [1.807, 2.05) is 11.8 Å². The molecule has 23 nitrogen and oxygen atoms in total. The third-order valence-corrected chi connectivity index (χ3v) is 10.9. The van der Waals surface area contributed by atoms with Crippen molar-refractivity contribution in [2.45, 2.75) is 114 Å². The van der Waals surface area contributed by atoms with E-state index < -0.39 is 104 Å². The molecule has 0 bridgehead atoms. The Bertz CT molecular complexity index is 1520. The highest BCUT2D eigenvalue weighted by Gasteiger charge is 2.42. The summed E-state index contributed by atoms with van der Waals surface area (Å²) in [4.78, 5) is 122. The maximum Gasteiger partial charge on any atom is 0.315 e. The summed E-state index contributed by atoms with van der Waals surface area (Å²) in [5.74, 6) is -8.29. The number of carboxylic acid groups (broad SMARTS) is 1. The number of amides is 10. The van der Waals surface area contributed by atoms with Gasteiger partial charge in [-0.3, -0.25) is 48.4 Å². The highest BCUT2D eigenvalue weighted by Crippen LogP contribution is 2.33. The van der Waals surface area contributed by atoms with E-state index in [1.165, 1.54) is 5.48 Å². The number of hydrogen-bond donors (Lipinski definition) is 13. The zero-order chi connectivity index (χ0) is 44.1. The number of nitrogens with two attached hydrogens (primary N) is 1. The Kier molecular flexibility index (Phi) is 22.0. The molecule has 24 heteroatoms. The number of primary amides is 1. The van der Waals surface area contributed by atoms with E-state index in [0.717, 1.165) is 18.6 Å². The molecule has 2 fully saturated rings. The van der Waals surface area contributed by atoms with Crippen LogP contribution in [-0.2, 0) is 43.2 Å². The molecule has 0 aromatic rings. The first-order valence-corrected chi connectivity index (χ1v) is 20.4. The maximum atomic E-state index is 12.9. The number of aliphatic carboxylic acids is 1. The molecule has 2 saturated heterocycles. The van der Waals surface area contributed by atoms with Gasteiger partial charge in [-0.25, -0.2) is 10.3 Å². The minimum absolute atomic E-state index is 0.0790. The second kappa shape index (κ2) is 26.0. The molecule has 10 amide bonds. The fourth-order valence-electron chi connectivity index (χ4n) is 6.39. The van der Waals surface area contributed by atoms with Gasteiger partial charge in [0.05, 0.1) is 38.2 Å². The number of thioether (sulfide) groups is 1. The van der Waals surface area contributed by atoms with Gasteiger partial charge < -0.3 is 58.5 Å². The van der Waals surface area contributed by atoms with Crippen LogP contribution in [0.5, 0.6) is 0 Å². The number of hydrogen-bond acceptors (Lipinski definition) is 13. The van der Waals surface area contributed by atoms with Crippen molar-refractivity contribution in [3.05, 3.63) is 0 Å². The Morgan fingerprint density at radius 2 is 1.47 bits per heavy atom. The lowest BCUT2D eigenvalue weighted by molar-refractivity contribution is -0.141. The summed E-state index contributed by atoms with van der Waals surface area (Å²) in [6.45, 7) is 1.53. The lowest BCUT2D eigenvalue weighted by Gasteiger charge is -2.24. The number of carboxylic acids is 1. The number of aliphatic hydroxyl groups is 1. The fourth-order valence-corrected chi connectivity index (χ4v) is 7.93. The van der Waals surface area contributed by atoms with Gasteiger partial charge in [0.25, 0.3) is 0 Å². The third-order valence-electron chi connectivity index (χ3n) is 9.38. The van der Waals surface area contributed by atoms with Crippen molar-refractivity contribution in [2.75, 3.05) is 32.0 Å². The molecule has 332 valence electrons. The minimum Gasteiger partial charge on any atom is -0.481 e. The molecule has 0 aromatic carbocycles. The summed E-state index contributed by atoms with van der Waals surface area (Å²) >= 11 is 1.82. The van der Waals surface area contributed by atoms with E-state index in [1.54, 1.807) is 13.8 Å². The van der Waals surface area contributed by atoms with Crippen LogP contribution in [-0.4, -0.2) is 142 Å². The molecule has 1 unspecified atom stereocenters. The average Bonchev–Trinajstić information content (AvgIpc) is 3.73. The third kappa shape index (κ3) is 18.9. The van der Waals surface area contributed by atoms with E-state index in [4.69, 9.17) is 10.9 Å². The Labute approximate surface area is 344 Å². The van der Waals surface area contributed by atoms with Gasteiger partial charge in [0, 0.05) is 36.3 Å². The van der Waals surface area contributed by atoms with Crippen LogP contribution in [0, 0.1) is 11.8 Å². The fraction of sp³-hybridized carbons (Fsp3) is 0.714. The van der Waals surface area contributed by atoms with Crippen LogP contribution in [0.3, 0.4) is 0 Å². The number of fused-ring (bicyclic) bond motifs is 1. The van der Waals surface area contributed by atoms with Crippen molar-refractivity contribution in [2.24, 2.45) is 17.6 Å². The maximum absolute atomic E-state index is 12.9. The van der Waals surface area contributed by atoms with E-state index in [-0.39, 0.29) is 42.8 Å². The van der Waals surface area contributed by atoms with Crippen LogP contribution in [0.15, 0.2) is 0 Å². The Morgan fingerprint density at radius 1 is 0.780 bits per heavy atom. The molecule has 2 aliphatic rings. The number of carbonyl (C=O) groups excluding carboxylic acids is 9. The Hall–Kier alpha value is -5.23. The predicted molar refractivity (Wildman–Crippen MR) is 209 cm³/mol. The number of unbranched alkanes of at least 4 members (excludes halogenated alkanes) is 2. The molecule has 0 radical (unpaired) electrons. The predicted octanol–water partition coefficient (Wildman–Crippen LogP) is -3.80. The number of aliphatic hydroxyl groups excluding tert-OH is 1. The van der Waals surface area contributed by atoms with Gasteiger partial charge in [0.1, 0.15) is 18.1 Å². The van der Waals surface area contributed by atoms with Crippen LogP contribution in [0.2, 0.25) is 0 Å². The largest absolute Gasteiger partial charge is 0.481 e. The minimum atomic E-state index is -1.77.